The van der Waals surface area contributed by atoms with Crippen molar-refractivity contribution in [2.24, 2.45) is 5.92 Å². The van der Waals surface area contributed by atoms with Gasteiger partial charge in [-0.05, 0) is 38.7 Å². The average Bonchev–Trinajstić information content (AvgIpc) is 2.51. The predicted octanol–water partition coefficient (Wildman–Crippen LogP) is 3.56. The van der Waals surface area contributed by atoms with Crippen molar-refractivity contribution in [2.75, 3.05) is 13.1 Å². The Hall–Kier alpha value is -2.24. The highest BCUT2D eigenvalue weighted by Crippen LogP contribution is 2.18. The quantitative estimate of drug-likeness (QED) is 0.907. The van der Waals surface area contributed by atoms with Crippen molar-refractivity contribution in [1.82, 2.24) is 10.2 Å². The van der Waals surface area contributed by atoms with Crippen LogP contribution in [0.1, 0.15) is 39.7 Å². The first kappa shape index (κ1) is 19.1. The van der Waals surface area contributed by atoms with E-state index in [-0.39, 0.29) is 24.7 Å². The first-order chi connectivity index (χ1) is 11.7. The van der Waals surface area contributed by atoms with Crippen LogP contribution >= 0.6 is 0 Å². The molecule has 138 valence electrons. The van der Waals surface area contributed by atoms with Gasteiger partial charge in [-0.3, -0.25) is 0 Å². The molecule has 1 aliphatic rings. The summed E-state index contributed by atoms with van der Waals surface area (Å²) in [5, 5.41) is 2.85. The molecule has 0 aliphatic carbocycles. The van der Waals surface area contributed by atoms with Crippen molar-refractivity contribution >= 4 is 12.2 Å². The summed E-state index contributed by atoms with van der Waals surface area (Å²) in [5.74, 6) is 0.276. The van der Waals surface area contributed by atoms with E-state index in [1.165, 1.54) is 0 Å². The Kier molecular flexibility index (Phi) is 6.28. The molecule has 2 atom stereocenters. The van der Waals surface area contributed by atoms with Crippen molar-refractivity contribution in [1.29, 1.82) is 0 Å². The van der Waals surface area contributed by atoms with E-state index in [4.69, 9.17) is 9.47 Å². The van der Waals surface area contributed by atoms with Crippen LogP contribution in [0.3, 0.4) is 0 Å². The number of rotatable bonds is 3. The molecule has 1 heterocycles. The number of likely N-dealkylation sites (tertiary alicyclic amines) is 1. The minimum atomic E-state index is -0.543. The number of alkyl carbamates (subject to hydrolysis) is 1. The standard InChI is InChI=1S/C19H28N2O4/c1-14-10-16(20-17(22)25-19(2,3)4)12-21(11-14)18(23)24-13-15-8-6-5-7-9-15/h5-9,14,16H,10-13H2,1-4H3,(H,20,22)/t14-,16+/m1/s1. The molecule has 0 radical (unpaired) electrons. The van der Waals surface area contributed by atoms with Crippen molar-refractivity contribution in [3.8, 4) is 0 Å². The number of amides is 2. The second-order valence-corrected chi connectivity index (χ2v) is 7.63. The molecule has 0 spiro atoms. The molecular formula is C19H28N2O4. The van der Waals surface area contributed by atoms with Gasteiger partial charge in [0.2, 0.25) is 0 Å². The molecule has 6 nitrogen and oxygen atoms in total. The third kappa shape index (κ3) is 6.64. The number of hydrogen-bond donors (Lipinski definition) is 1. The number of hydrogen-bond acceptors (Lipinski definition) is 4. The van der Waals surface area contributed by atoms with Crippen molar-refractivity contribution in [2.45, 2.75) is 52.4 Å². The molecule has 1 aromatic rings. The molecule has 25 heavy (non-hydrogen) atoms. The largest absolute Gasteiger partial charge is 0.445 e. The van der Waals surface area contributed by atoms with Gasteiger partial charge in [0.15, 0.2) is 0 Å². The van der Waals surface area contributed by atoms with Crippen molar-refractivity contribution in [3.05, 3.63) is 35.9 Å². The lowest BCUT2D eigenvalue weighted by Gasteiger charge is -2.36. The third-order valence-electron chi connectivity index (χ3n) is 3.84. The topological polar surface area (TPSA) is 67.9 Å². The molecule has 6 heteroatoms. The minimum absolute atomic E-state index is 0.136. The van der Waals surface area contributed by atoms with E-state index in [0.29, 0.717) is 13.1 Å². The van der Waals surface area contributed by atoms with E-state index >= 15 is 0 Å². The zero-order chi connectivity index (χ0) is 18.4. The lowest BCUT2D eigenvalue weighted by molar-refractivity contribution is 0.0420. The molecule has 1 fully saturated rings. The maximum Gasteiger partial charge on any atom is 0.410 e. The average molecular weight is 348 g/mol. The van der Waals surface area contributed by atoms with E-state index < -0.39 is 11.7 Å². The summed E-state index contributed by atoms with van der Waals surface area (Å²) in [7, 11) is 0. The van der Waals surface area contributed by atoms with E-state index in [1.54, 1.807) is 4.90 Å². The normalized spacial score (nSPS) is 20.7. The Morgan fingerprint density at radius 3 is 2.52 bits per heavy atom. The van der Waals surface area contributed by atoms with Crippen LogP contribution in [-0.2, 0) is 16.1 Å². The van der Waals surface area contributed by atoms with Crippen LogP contribution in [0.25, 0.3) is 0 Å². The molecule has 1 aliphatic heterocycles. The van der Waals surface area contributed by atoms with Crippen molar-refractivity contribution in [3.63, 3.8) is 0 Å². The lowest BCUT2D eigenvalue weighted by Crippen LogP contribution is -2.52. The number of piperidine rings is 1. The van der Waals surface area contributed by atoms with Crippen LogP contribution < -0.4 is 5.32 Å². The summed E-state index contributed by atoms with van der Waals surface area (Å²) in [6, 6.07) is 9.44. The summed E-state index contributed by atoms with van der Waals surface area (Å²) in [4.78, 5) is 25.9. The highest BCUT2D eigenvalue weighted by molar-refractivity contribution is 5.69. The highest BCUT2D eigenvalue weighted by atomic mass is 16.6. The molecule has 0 saturated carbocycles. The number of benzene rings is 1. The molecule has 2 amide bonds. The van der Waals surface area contributed by atoms with Gasteiger partial charge in [-0.25, -0.2) is 9.59 Å². The van der Waals surface area contributed by atoms with Gasteiger partial charge >= 0.3 is 12.2 Å². The predicted molar refractivity (Wildman–Crippen MR) is 95.1 cm³/mol. The molecule has 0 aromatic heterocycles. The maximum absolute atomic E-state index is 12.3. The summed E-state index contributed by atoms with van der Waals surface area (Å²) >= 11 is 0. The molecule has 1 aromatic carbocycles. The van der Waals surface area contributed by atoms with Gasteiger partial charge in [0.1, 0.15) is 12.2 Å². The zero-order valence-corrected chi connectivity index (χ0v) is 15.5. The van der Waals surface area contributed by atoms with Crippen molar-refractivity contribution < 1.29 is 19.1 Å². The van der Waals surface area contributed by atoms with Crippen LogP contribution in [0.5, 0.6) is 0 Å². The molecule has 1 N–H and O–H groups in total. The summed E-state index contributed by atoms with van der Waals surface area (Å²) < 4.78 is 10.7. The van der Waals surface area contributed by atoms with Gasteiger partial charge < -0.3 is 19.7 Å². The summed E-state index contributed by atoms with van der Waals surface area (Å²) in [6.07, 6.45) is -0.00238. The number of nitrogens with zero attached hydrogens (tertiary/aromatic N) is 1. The van der Waals surface area contributed by atoms with Crippen LogP contribution in [0.15, 0.2) is 30.3 Å². The van der Waals surface area contributed by atoms with Crippen LogP contribution in [-0.4, -0.2) is 41.8 Å². The number of nitrogens with one attached hydrogen (secondary N) is 1. The zero-order valence-electron chi connectivity index (χ0n) is 15.5. The maximum atomic E-state index is 12.3. The Labute approximate surface area is 149 Å². The van der Waals surface area contributed by atoms with E-state index in [9.17, 15) is 9.59 Å². The highest BCUT2D eigenvalue weighted by Gasteiger charge is 2.30. The summed E-state index contributed by atoms with van der Waals surface area (Å²) in [6.45, 7) is 8.82. The van der Waals surface area contributed by atoms with Crippen LogP contribution in [0, 0.1) is 5.92 Å². The minimum Gasteiger partial charge on any atom is -0.445 e. The van der Waals surface area contributed by atoms with Gasteiger partial charge in [-0.1, -0.05) is 37.3 Å². The van der Waals surface area contributed by atoms with Gasteiger partial charge in [0.05, 0.1) is 6.04 Å². The molecule has 0 bridgehead atoms. The molecule has 1 saturated heterocycles. The Bertz CT molecular complexity index is 583. The molecule has 0 unspecified atom stereocenters. The first-order valence-electron chi connectivity index (χ1n) is 8.68. The molecular weight excluding hydrogens is 320 g/mol. The fourth-order valence-electron chi connectivity index (χ4n) is 2.89. The first-order valence-corrected chi connectivity index (χ1v) is 8.68. The van der Waals surface area contributed by atoms with Crippen LogP contribution in [0.4, 0.5) is 9.59 Å². The number of carbonyl (C=O) groups excluding carboxylic acids is 2. The van der Waals surface area contributed by atoms with Gasteiger partial charge in [0, 0.05) is 13.1 Å². The lowest BCUT2D eigenvalue weighted by atomic mass is 9.96. The third-order valence-corrected chi connectivity index (χ3v) is 3.84. The van der Waals surface area contributed by atoms with E-state index in [2.05, 4.69) is 12.2 Å². The Morgan fingerprint density at radius 2 is 1.88 bits per heavy atom. The fraction of sp³-hybridized carbons (Fsp3) is 0.579. The number of carbonyl (C=O) groups is 2. The fourth-order valence-corrected chi connectivity index (χ4v) is 2.89. The Balaban J connectivity index is 1.86. The second-order valence-electron chi connectivity index (χ2n) is 7.63. The van der Waals surface area contributed by atoms with Gasteiger partial charge in [-0.15, -0.1) is 0 Å². The van der Waals surface area contributed by atoms with E-state index in [0.717, 1.165) is 12.0 Å². The summed E-state index contributed by atoms with van der Waals surface area (Å²) in [5.41, 5.74) is 0.405. The van der Waals surface area contributed by atoms with Crippen LogP contribution in [0.2, 0.25) is 0 Å². The Morgan fingerprint density at radius 1 is 1.20 bits per heavy atom. The number of ether oxygens (including phenoxy) is 2. The van der Waals surface area contributed by atoms with E-state index in [1.807, 2.05) is 51.1 Å². The smallest absolute Gasteiger partial charge is 0.410 e. The molecule has 2 rings (SSSR count). The monoisotopic (exact) mass is 348 g/mol. The second kappa shape index (κ2) is 8.23. The SMILES string of the molecule is C[C@@H]1C[C@H](NC(=O)OC(C)(C)C)CN(C(=O)OCc2ccccc2)C1. The van der Waals surface area contributed by atoms with Gasteiger partial charge in [-0.2, -0.15) is 0 Å². The van der Waals surface area contributed by atoms with Gasteiger partial charge in [0.25, 0.3) is 0 Å².